The highest BCUT2D eigenvalue weighted by molar-refractivity contribution is 5.79. The van der Waals surface area contributed by atoms with Gasteiger partial charge in [-0.1, -0.05) is 18.2 Å². The molecule has 0 spiro atoms. The molecule has 0 fully saturated rings. The molecule has 7 nitrogen and oxygen atoms in total. The molecule has 0 amide bonds. The van der Waals surface area contributed by atoms with Crippen LogP contribution in [0.2, 0.25) is 0 Å². The first-order valence-electron chi connectivity index (χ1n) is 10.6. The Morgan fingerprint density at radius 2 is 1.74 bits per heavy atom. The lowest BCUT2D eigenvalue weighted by atomic mass is 10.1. The smallest absolute Gasteiger partial charge is 0.191 e. The highest BCUT2D eigenvalue weighted by atomic mass is 16.5. The zero-order valence-electron chi connectivity index (χ0n) is 19.3. The van der Waals surface area contributed by atoms with Crippen LogP contribution in [-0.4, -0.2) is 46.5 Å². The summed E-state index contributed by atoms with van der Waals surface area (Å²) in [5, 5.41) is 6.68. The normalized spacial score (nSPS) is 11.2. The molecule has 2 aromatic carbocycles. The molecule has 7 heteroatoms. The lowest BCUT2D eigenvalue weighted by molar-refractivity contribution is 0.145. The largest absolute Gasteiger partial charge is 0.493 e. The second kappa shape index (κ2) is 13.4. The number of hydrogen-bond acceptors (Lipinski definition) is 5. The van der Waals surface area contributed by atoms with Gasteiger partial charge in [0.15, 0.2) is 17.5 Å². The molecule has 0 heterocycles. The molecule has 2 N–H and O–H groups in total. The summed E-state index contributed by atoms with van der Waals surface area (Å²) in [5.41, 5.74) is 3.26. The molecule has 0 saturated carbocycles. The number of aliphatic imine (C=N–C) groups is 1. The van der Waals surface area contributed by atoms with Gasteiger partial charge in [-0.25, -0.2) is 4.99 Å². The second-order valence-electron chi connectivity index (χ2n) is 6.92. The quantitative estimate of drug-likeness (QED) is 0.305. The van der Waals surface area contributed by atoms with Gasteiger partial charge in [-0.3, -0.25) is 0 Å². The van der Waals surface area contributed by atoms with E-state index in [4.69, 9.17) is 23.9 Å². The van der Waals surface area contributed by atoms with Crippen LogP contribution in [0.3, 0.4) is 0 Å². The number of nitrogens with zero attached hydrogens (tertiary/aromatic N) is 1. The Hall–Kier alpha value is -2.93. The molecule has 31 heavy (non-hydrogen) atoms. The first kappa shape index (κ1) is 24.3. The molecule has 170 valence electrons. The summed E-state index contributed by atoms with van der Waals surface area (Å²) in [4.78, 5) is 4.72. The van der Waals surface area contributed by atoms with Crippen LogP contribution >= 0.6 is 0 Å². The Morgan fingerprint density at radius 3 is 2.45 bits per heavy atom. The standard InChI is InChI=1S/C24H35N3O4/c1-6-25-24(26-16-19-9-11-21(29-5)23(15-19)30-7-2)27-17-20-10-8-18(3)14-22(20)31-13-12-28-4/h8-11,14-15H,6-7,12-13,16-17H2,1-5H3,(H2,25,26,27). The first-order chi connectivity index (χ1) is 15.1. The van der Waals surface area contributed by atoms with Gasteiger partial charge in [0.05, 0.1) is 26.9 Å². The van der Waals surface area contributed by atoms with E-state index in [1.54, 1.807) is 14.2 Å². The van der Waals surface area contributed by atoms with Crippen molar-refractivity contribution in [2.24, 2.45) is 4.99 Å². The summed E-state index contributed by atoms with van der Waals surface area (Å²) in [6.07, 6.45) is 0. The van der Waals surface area contributed by atoms with Crippen molar-refractivity contribution in [1.29, 1.82) is 0 Å². The van der Waals surface area contributed by atoms with Crippen LogP contribution in [0.1, 0.15) is 30.5 Å². The lowest BCUT2D eigenvalue weighted by Crippen LogP contribution is -2.36. The number of rotatable bonds is 12. The zero-order valence-corrected chi connectivity index (χ0v) is 19.3. The number of hydrogen-bond donors (Lipinski definition) is 2. The van der Waals surface area contributed by atoms with E-state index < -0.39 is 0 Å². The van der Waals surface area contributed by atoms with E-state index in [0.29, 0.717) is 32.9 Å². The minimum Gasteiger partial charge on any atom is -0.493 e. The maximum Gasteiger partial charge on any atom is 0.191 e. The summed E-state index contributed by atoms with van der Waals surface area (Å²) < 4.78 is 22.0. The van der Waals surface area contributed by atoms with E-state index in [0.717, 1.165) is 46.4 Å². The molecule has 0 unspecified atom stereocenters. The number of nitrogens with one attached hydrogen (secondary N) is 2. The van der Waals surface area contributed by atoms with Crippen LogP contribution in [0.4, 0.5) is 0 Å². The number of benzene rings is 2. The predicted molar refractivity (Wildman–Crippen MR) is 124 cm³/mol. The third-order valence-electron chi connectivity index (χ3n) is 4.51. The molecule has 0 bridgehead atoms. The van der Waals surface area contributed by atoms with Gasteiger partial charge >= 0.3 is 0 Å². The van der Waals surface area contributed by atoms with Crippen molar-refractivity contribution in [2.75, 3.05) is 40.6 Å². The van der Waals surface area contributed by atoms with Gasteiger partial charge in [0.2, 0.25) is 0 Å². The Labute approximate surface area is 185 Å². The van der Waals surface area contributed by atoms with E-state index in [1.807, 2.05) is 38.1 Å². The minimum atomic E-state index is 0.515. The minimum absolute atomic E-state index is 0.515. The average molecular weight is 430 g/mol. The zero-order chi connectivity index (χ0) is 22.5. The fraction of sp³-hybridized carbons (Fsp3) is 0.458. The SMILES string of the molecule is CCNC(=NCc1ccc(OC)c(OCC)c1)NCc1ccc(C)cc1OCCOC. The van der Waals surface area contributed by atoms with Crippen molar-refractivity contribution < 1.29 is 18.9 Å². The topological polar surface area (TPSA) is 73.3 Å². The van der Waals surface area contributed by atoms with Gasteiger partial charge in [0, 0.05) is 25.8 Å². The highest BCUT2D eigenvalue weighted by Crippen LogP contribution is 2.28. The lowest BCUT2D eigenvalue weighted by Gasteiger charge is -2.15. The third kappa shape index (κ3) is 8.02. The van der Waals surface area contributed by atoms with Crippen molar-refractivity contribution in [1.82, 2.24) is 10.6 Å². The van der Waals surface area contributed by atoms with Gasteiger partial charge in [-0.15, -0.1) is 0 Å². The van der Waals surface area contributed by atoms with Crippen LogP contribution in [0.15, 0.2) is 41.4 Å². The van der Waals surface area contributed by atoms with Crippen LogP contribution < -0.4 is 24.8 Å². The molecular weight excluding hydrogens is 394 g/mol. The van der Waals surface area contributed by atoms with Gasteiger partial charge in [0.1, 0.15) is 12.4 Å². The molecule has 0 aliphatic rings. The van der Waals surface area contributed by atoms with Crippen LogP contribution in [-0.2, 0) is 17.8 Å². The number of ether oxygens (including phenoxy) is 4. The highest BCUT2D eigenvalue weighted by Gasteiger charge is 2.08. The molecule has 0 aromatic heterocycles. The van der Waals surface area contributed by atoms with Crippen LogP contribution in [0, 0.1) is 6.92 Å². The summed E-state index contributed by atoms with van der Waals surface area (Å²) in [7, 11) is 3.31. The predicted octanol–water partition coefficient (Wildman–Crippen LogP) is 3.68. The average Bonchev–Trinajstić information content (AvgIpc) is 2.77. The van der Waals surface area contributed by atoms with Gasteiger partial charge in [0.25, 0.3) is 0 Å². The Kier molecular flexibility index (Phi) is 10.5. The van der Waals surface area contributed by atoms with Gasteiger partial charge in [-0.2, -0.15) is 0 Å². The summed E-state index contributed by atoms with van der Waals surface area (Å²) in [6, 6.07) is 12.1. The van der Waals surface area contributed by atoms with Gasteiger partial charge < -0.3 is 29.6 Å². The van der Waals surface area contributed by atoms with E-state index in [1.165, 1.54) is 0 Å². The summed E-state index contributed by atoms with van der Waals surface area (Å²) in [6.45, 7) is 9.58. The van der Waals surface area contributed by atoms with Crippen molar-refractivity contribution in [3.63, 3.8) is 0 Å². The Balaban J connectivity index is 2.08. The Bertz CT molecular complexity index is 840. The van der Waals surface area contributed by atoms with Crippen molar-refractivity contribution >= 4 is 5.96 Å². The molecule has 0 atom stereocenters. The Morgan fingerprint density at radius 1 is 0.903 bits per heavy atom. The first-order valence-corrected chi connectivity index (χ1v) is 10.6. The molecule has 2 aromatic rings. The number of methoxy groups -OCH3 is 2. The van der Waals surface area contributed by atoms with E-state index in [-0.39, 0.29) is 0 Å². The van der Waals surface area contributed by atoms with Gasteiger partial charge in [-0.05, 0) is 50.1 Å². The van der Waals surface area contributed by atoms with Crippen molar-refractivity contribution in [3.8, 4) is 17.2 Å². The fourth-order valence-electron chi connectivity index (χ4n) is 2.96. The third-order valence-corrected chi connectivity index (χ3v) is 4.51. The maximum absolute atomic E-state index is 5.89. The molecule has 0 saturated heterocycles. The van der Waals surface area contributed by atoms with E-state index >= 15 is 0 Å². The molecule has 0 aliphatic carbocycles. The van der Waals surface area contributed by atoms with Crippen LogP contribution in [0.5, 0.6) is 17.2 Å². The van der Waals surface area contributed by atoms with Crippen LogP contribution in [0.25, 0.3) is 0 Å². The molecule has 0 radical (unpaired) electrons. The molecule has 2 rings (SSSR count). The van der Waals surface area contributed by atoms with E-state index in [9.17, 15) is 0 Å². The molecular formula is C24H35N3O4. The number of aryl methyl sites for hydroxylation is 1. The fourth-order valence-corrected chi connectivity index (χ4v) is 2.96. The summed E-state index contributed by atoms with van der Waals surface area (Å²) >= 11 is 0. The monoisotopic (exact) mass is 429 g/mol. The second-order valence-corrected chi connectivity index (χ2v) is 6.92. The van der Waals surface area contributed by atoms with Crippen molar-refractivity contribution in [3.05, 3.63) is 53.1 Å². The van der Waals surface area contributed by atoms with Crippen molar-refractivity contribution in [2.45, 2.75) is 33.9 Å². The maximum atomic E-state index is 5.89. The summed E-state index contributed by atoms with van der Waals surface area (Å²) in [5.74, 6) is 3.05. The molecule has 0 aliphatic heterocycles. The van der Waals surface area contributed by atoms with E-state index in [2.05, 4.69) is 29.7 Å². The number of guanidine groups is 1.